The van der Waals surface area contributed by atoms with E-state index in [-0.39, 0.29) is 12.5 Å². The number of carbonyl (C=O) groups is 1. The quantitative estimate of drug-likeness (QED) is 0.843. The summed E-state index contributed by atoms with van der Waals surface area (Å²) in [5.41, 5.74) is -0.448. The zero-order valence-electron chi connectivity index (χ0n) is 9.44. The average molecular weight is 227 g/mol. The van der Waals surface area contributed by atoms with Gasteiger partial charge >= 0.3 is 5.97 Å². The van der Waals surface area contributed by atoms with Crippen LogP contribution in [0.4, 0.5) is 10.3 Å². The van der Waals surface area contributed by atoms with Crippen molar-refractivity contribution in [3.63, 3.8) is 0 Å². The Morgan fingerprint density at radius 2 is 1.94 bits per heavy atom. The predicted octanol–water partition coefficient (Wildman–Crippen LogP) is 1.31. The van der Waals surface area contributed by atoms with Crippen molar-refractivity contribution < 1.29 is 14.3 Å². The molecule has 1 N–H and O–H groups in total. The van der Waals surface area contributed by atoms with Crippen LogP contribution in [-0.4, -0.2) is 33.1 Å². The van der Waals surface area contributed by atoms with Crippen molar-refractivity contribution >= 4 is 11.9 Å². The summed E-state index contributed by atoms with van der Waals surface area (Å²) in [4.78, 5) is 19.8. The number of nitrogens with zero attached hydrogens (tertiary/aromatic N) is 3. The van der Waals surface area contributed by atoms with E-state index in [1.165, 1.54) is 4.90 Å². The van der Waals surface area contributed by atoms with Crippen molar-refractivity contribution in [3.05, 3.63) is 18.2 Å². The Kier molecular flexibility index (Phi) is 3.41. The molecule has 0 fully saturated rings. The Hall–Kier alpha value is -1.72. The van der Waals surface area contributed by atoms with Crippen LogP contribution in [0.25, 0.3) is 0 Å². The largest absolute Gasteiger partial charge is 0.480 e. The molecule has 1 heterocycles. The molecule has 0 amide bonds. The number of carboxylic acid groups (broad SMARTS) is 1. The van der Waals surface area contributed by atoms with Gasteiger partial charge in [-0.3, -0.25) is 4.79 Å². The van der Waals surface area contributed by atoms with E-state index in [9.17, 15) is 9.18 Å². The normalized spacial score (nSPS) is 11.2. The lowest BCUT2D eigenvalue weighted by Crippen LogP contribution is -2.45. The van der Waals surface area contributed by atoms with Crippen molar-refractivity contribution in [1.82, 2.24) is 9.97 Å². The average Bonchev–Trinajstić information content (AvgIpc) is 2.14. The topological polar surface area (TPSA) is 66.3 Å². The third kappa shape index (κ3) is 3.15. The third-order valence-corrected chi connectivity index (χ3v) is 1.95. The van der Waals surface area contributed by atoms with Gasteiger partial charge in [-0.2, -0.15) is 0 Å². The maximum Gasteiger partial charge on any atom is 0.323 e. The van der Waals surface area contributed by atoms with E-state index in [2.05, 4.69) is 9.97 Å². The maximum absolute atomic E-state index is 12.6. The number of carboxylic acids is 1. The van der Waals surface area contributed by atoms with E-state index < -0.39 is 17.3 Å². The van der Waals surface area contributed by atoms with Crippen molar-refractivity contribution in [3.8, 4) is 0 Å². The molecule has 16 heavy (non-hydrogen) atoms. The van der Waals surface area contributed by atoms with Crippen LogP contribution in [0.1, 0.15) is 20.8 Å². The Morgan fingerprint density at radius 3 is 2.31 bits per heavy atom. The standard InChI is InChI=1S/C10H14FN3O2/c1-10(2,3)14(6-8(15)16)9-12-4-7(11)5-13-9/h4-5H,6H2,1-3H3,(H,15,16). The van der Waals surface area contributed by atoms with Crippen LogP contribution in [0.2, 0.25) is 0 Å². The maximum atomic E-state index is 12.6. The smallest absolute Gasteiger partial charge is 0.323 e. The van der Waals surface area contributed by atoms with Crippen LogP contribution in [0.15, 0.2) is 12.4 Å². The Morgan fingerprint density at radius 1 is 1.44 bits per heavy atom. The van der Waals surface area contributed by atoms with Crippen molar-refractivity contribution in [2.45, 2.75) is 26.3 Å². The van der Waals surface area contributed by atoms with E-state index in [0.29, 0.717) is 0 Å². The molecule has 0 spiro atoms. The number of aliphatic carboxylic acids is 1. The van der Waals surface area contributed by atoms with Crippen LogP contribution in [0.3, 0.4) is 0 Å². The van der Waals surface area contributed by atoms with Crippen molar-refractivity contribution in [2.75, 3.05) is 11.4 Å². The van der Waals surface area contributed by atoms with Crippen LogP contribution in [0.5, 0.6) is 0 Å². The predicted molar refractivity (Wildman–Crippen MR) is 56.7 cm³/mol. The lowest BCUT2D eigenvalue weighted by atomic mass is 10.1. The molecule has 0 aliphatic heterocycles. The minimum atomic E-state index is -0.983. The van der Waals surface area contributed by atoms with Crippen LogP contribution >= 0.6 is 0 Å². The minimum Gasteiger partial charge on any atom is -0.480 e. The van der Waals surface area contributed by atoms with Gasteiger partial charge in [0.2, 0.25) is 5.95 Å². The molecule has 0 unspecified atom stereocenters. The van der Waals surface area contributed by atoms with Gasteiger partial charge in [0.05, 0.1) is 12.4 Å². The summed E-state index contributed by atoms with van der Waals surface area (Å²) in [6, 6.07) is 0. The molecule has 1 aromatic heterocycles. The monoisotopic (exact) mass is 227 g/mol. The molecule has 0 radical (unpaired) electrons. The highest BCUT2D eigenvalue weighted by molar-refractivity contribution is 5.73. The SMILES string of the molecule is CC(C)(C)N(CC(=O)O)c1ncc(F)cn1. The highest BCUT2D eigenvalue weighted by atomic mass is 19.1. The molecule has 0 atom stereocenters. The number of halogens is 1. The zero-order valence-corrected chi connectivity index (χ0v) is 9.44. The summed E-state index contributed by atoms with van der Waals surface area (Å²) in [6.45, 7) is 5.28. The fraction of sp³-hybridized carbons (Fsp3) is 0.500. The lowest BCUT2D eigenvalue weighted by Gasteiger charge is -2.34. The molecular formula is C10H14FN3O2. The van der Waals surface area contributed by atoms with Gasteiger partial charge in [0.1, 0.15) is 6.54 Å². The Bertz CT molecular complexity index is 373. The molecule has 88 valence electrons. The summed E-state index contributed by atoms with van der Waals surface area (Å²) < 4.78 is 12.6. The molecule has 0 bridgehead atoms. The van der Waals surface area contributed by atoms with Gasteiger partial charge in [0.25, 0.3) is 0 Å². The zero-order chi connectivity index (χ0) is 12.3. The Labute approximate surface area is 92.9 Å². The van der Waals surface area contributed by atoms with Gasteiger partial charge in [-0.1, -0.05) is 0 Å². The Balaban J connectivity index is 3.01. The van der Waals surface area contributed by atoms with Gasteiger partial charge in [0.15, 0.2) is 5.82 Å². The van der Waals surface area contributed by atoms with Gasteiger partial charge in [0, 0.05) is 5.54 Å². The first-order valence-electron chi connectivity index (χ1n) is 4.77. The number of aromatic nitrogens is 2. The second-order valence-electron chi connectivity index (χ2n) is 4.35. The summed E-state index contributed by atoms with van der Waals surface area (Å²) >= 11 is 0. The molecule has 0 aromatic carbocycles. The molecule has 0 aliphatic rings. The van der Waals surface area contributed by atoms with Crippen LogP contribution in [0, 0.1) is 5.82 Å². The van der Waals surface area contributed by atoms with Gasteiger partial charge < -0.3 is 10.0 Å². The summed E-state index contributed by atoms with van der Waals surface area (Å²) in [7, 11) is 0. The van der Waals surface area contributed by atoms with E-state index >= 15 is 0 Å². The summed E-state index contributed by atoms with van der Waals surface area (Å²) in [5.74, 6) is -1.33. The first-order chi connectivity index (χ1) is 7.30. The number of hydrogen-bond acceptors (Lipinski definition) is 4. The van der Waals surface area contributed by atoms with E-state index in [4.69, 9.17) is 5.11 Å². The summed E-state index contributed by atoms with van der Waals surface area (Å²) in [6.07, 6.45) is 2.03. The number of rotatable bonds is 3. The second kappa shape index (κ2) is 4.42. The molecule has 0 aliphatic carbocycles. The second-order valence-corrected chi connectivity index (χ2v) is 4.35. The molecule has 0 saturated carbocycles. The summed E-state index contributed by atoms with van der Waals surface area (Å²) in [5, 5.41) is 8.79. The van der Waals surface area contributed by atoms with Gasteiger partial charge in [-0.15, -0.1) is 0 Å². The van der Waals surface area contributed by atoms with Crippen molar-refractivity contribution in [2.24, 2.45) is 0 Å². The lowest BCUT2D eigenvalue weighted by molar-refractivity contribution is -0.135. The molecular weight excluding hydrogens is 213 g/mol. The minimum absolute atomic E-state index is 0.205. The van der Waals surface area contributed by atoms with E-state index in [0.717, 1.165) is 12.4 Å². The molecule has 1 aromatic rings. The van der Waals surface area contributed by atoms with Crippen LogP contribution in [-0.2, 0) is 4.79 Å². The van der Waals surface area contributed by atoms with Gasteiger partial charge in [-0.05, 0) is 20.8 Å². The number of anilines is 1. The fourth-order valence-corrected chi connectivity index (χ4v) is 1.19. The molecule has 6 heteroatoms. The van der Waals surface area contributed by atoms with E-state index in [1.54, 1.807) is 0 Å². The van der Waals surface area contributed by atoms with Crippen LogP contribution < -0.4 is 4.90 Å². The molecule has 1 rings (SSSR count). The van der Waals surface area contributed by atoms with E-state index in [1.807, 2.05) is 20.8 Å². The third-order valence-electron chi connectivity index (χ3n) is 1.95. The molecule has 5 nitrogen and oxygen atoms in total. The highest BCUT2D eigenvalue weighted by Crippen LogP contribution is 2.18. The highest BCUT2D eigenvalue weighted by Gasteiger charge is 2.25. The van der Waals surface area contributed by atoms with Gasteiger partial charge in [-0.25, -0.2) is 14.4 Å². The fourth-order valence-electron chi connectivity index (χ4n) is 1.19. The number of hydrogen-bond donors (Lipinski definition) is 1. The van der Waals surface area contributed by atoms with Crippen molar-refractivity contribution in [1.29, 1.82) is 0 Å². The molecule has 0 saturated heterocycles. The first-order valence-corrected chi connectivity index (χ1v) is 4.77. The first kappa shape index (κ1) is 12.4.